The Labute approximate surface area is 196 Å². The number of nitrogens with one attached hydrogen (secondary N) is 2. The van der Waals surface area contributed by atoms with Crippen LogP contribution in [0.4, 0.5) is 0 Å². The van der Waals surface area contributed by atoms with Gasteiger partial charge in [0, 0.05) is 45.2 Å². The van der Waals surface area contributed by atoms with Crippen LogP contribution in [0.3, 0.4) is 0 Å². The van der Waals surface area contributed by atoms with Crippen LogP contribution in [-0.4, -0.2) is 68.0 Å². The van der Waals surface area contributed by atoms with Crippen molar-refractivity contribution in [3.63, 3.8) is 0 Å². The van der Waals surface area contributed by atoms with Crippen LogP contribution in [0.2, 0.25) is 0 Å². The minimum absolute atomic E-state index is 0.0185. The summed E-state index contributed by atoms with van der Waals surface area (Å²) in [7, 11) is 3.51. The summed E-state index contributed by atoms with van der Waals surface area (Å²) in [6, 6.07) is 19.3. The number of aliphatic imine (C=N–C) groups is 1. The third-order valence-electron chi connectivity index (χ3n) is 6.37. The van der Waals surface area contributed by atoms with Gasteiger partial charge in [-0.2, -0.15) is 0 Å². The van der Waals surface area contributed by atoms with Crippen LogP contribution in [0.25, 0.3) is 0 Å². The van der Waals surface area contributed by atoms with Crippen molar-refractivity contribution in [2.45, 2.75) is 37.9 Å². The van der Waals surface area contributed by atoms with Gasteiger partial charge in [-0.15, -0.1) is 0 Å². The lowest BCUT2D eigenvalue weighted by Gasteiger charge is -2.29. The van der Waals surface area contributed by atoms with Gasteiger partial charge in [0.05, 0.1) is 12.6 Å². The molecule has 2 aromatic rings. The van der Waals surface area contributed by atoms with E-state index in [-0.39, 0.29) is 18.5 Å². The summed E-state index contributed by atoms with van der Waals surface area (Å²) in [5, 5.41) is 7.10. The number of nitrogens with zero attached hydrogens (tertiary/aromatic N) is 3. The Morgan fingerprint density at radius 3 is 2.73 bits per heavy atom. The Morgan fingerprint density at radius 1 is 1.12 bits per heavy atom. The summed E-state index contributed by atoms with van der Waals surface area (Å²) in [5.41, 5.74) is 2.47. The lowest BCUT2D eigenvalue weighted by molar-refractivity contribution is -0.127. The number of para-hydroxylation sites is 1. The van der Waals surface area contributed by atoms with Crippen LogP contribution in [0.5, 0.6) is 5.75 Å². The van der Waals surface area contributed by atoms with E-state index in [9.17, 15) is 4.79 Å². The van der Waals surface area contributed by atoms with Gasteiger partial charge in [0.25, 0.3) is 0 Å². The third kappa shape index (κ3) is 6.26. The molecule has 0 radical (unpaired) electrons. The Balaban J connectivity index is 1.43. The first-order valence-corrected chi connectivity index (χ1v) is 11.8. The van der Waals surface area contributed by atoms with E-state index < -0.39 is 0 Å². The number of fused-ring (bicyclic) bond motifs is 1. The summed E-state index contributed by atoms with van der Waals surface area (Å²) in [4.78, 5) is 20.9. The number of likely N-dealkylation sites (tertiary alicyclic amines) is 1. The van der Waals surface area contributed by atoms with Gasteiger partial charge in [0.1, 0.15) is 12.3 Å². The Bertz CT molecular complexity index is 947. The maximum atomic E-state index is 12.2. The number of benzene rings is 2. The maximum absolute atomic E-state index is 12.2. The quantitative estimate of drug-likeness (QED) is 0.503. The molecule has 0 bridgehead atoms. The van der Waals surface area contributed by atoms with Crippen molar-refractivity contribution in [2.24, 2.45) is 4.99 Å². The lowest BCUT2D eigenvalue weighted by Crippen LogP contribution is -2.46. The summed E-state index contributed by atoms with van der Waals surface area (Å²) >= 11 is 0. The normalized spacial score (nSPS) is 20.6. The molecule has 2 heterocycles. The maximum Gasteiger partial charge on any atom is 0.243 e. The molecule has 4 rings (SSSR count). The minimum Gasteiger partial charge on any atom is -0.493 e. The van der Waals surface area contributed by atoms with Gasteiger partial charge < -0.3 is 20.3 Å². The fourth-order valence-corrected chi connectivity index (χ4v) is 4.46. The van der Waals surface area contributed by atoms with E-state index in [0.717, 1.165) is 43.8 Å². The number of rotatable bonds is 7. The number of likely N-dealkylation sites (N-methyl/N-ethyl adjacent to an activating group) is 1. The van der Waals surface area contributed by atoms with Crippen molar-refractivity contribution in [3.8, 4) is 5.75 Å². The summed E-state index contributed by atoms with van der Waals surface area (Å²) in [5.74, 6) is 1.57. The molecule has 7 nitrogen and oxygen atoms in total. The van der Waals surface area contributed by atoms with Crippen molar-refractivity contribution in [1.29, 1.82) is 0 Å². The topological polar surface area (TPSA) is 69.2 Å². The van der Waals surface area contributed by atoms with E-state index in [1.54, 1.807) is 19.0 Å². The van der Waals surface area contributed by atoms with Crippen molar-refractivity contribution in [1.82, 2.24) is 20.4 Å². The lowest BCUT2D eigenvalue weighted by atomic mass is 10.0. The minimum atomic E-state index is -0.0185. The number of carbonyl (C=O) groups is 1. The number of ether oxygens (including phenoxy) is 1. The van der Waals surface area contributed by atoms with Crippen molar-refractivity contribution < 1.29 is 9.53 Å². The SMILES string of the molecule is CN(C)C(=O)CN=C(NCC1CCCN1Cc1ccccc1)NC1CCOc2ccccc21. The highest BCUT2D eigenvalue weighted by Crippen LogP contribution is 2.31. The Morgan fingerprint density at radius 2 is 1.91 bits per heavy atom. The largest absolute Gasteiger partial charge is 0.493 e. The fraction of sp³-hybridized carbons (Fsp3) is 0.462. The monoisotopic (exact) mass is 449 g/mol. The van der Waals surface area contributed by atoms with Gasteiger partial charge in [0.15, 0.2) is 5.96 Å². The van der Waals surface area contributed by atoms with E-state index in [4.69, 9.17) is 4.74 Å². The first kappa shape index (κ1) is 23.1. The molecule has 0 spiro atoms. The van der Waals surface area contributed by atoms with Crippen LogP contribution in [0.1, 0.15) is 36.4 Å². The molecule has 1 fully saturated rings. The molecule has 2 aliphatic heterocycles. The average Bonchev–Trinajstić information content (AvgIpc) is 3.28. The van der Waals surface area contributed by atoms with E-state index in [1.807, 2.05) is 18.2 Å². The summed E-state index contributed by atoms with van der Waals surface area (Å²) in [6.45, 7) is 3.63. The molecule has 1 amide bonds. The van der Waals surface area contributed by atoms with Gasteiger partial charge in [-0.25, -0.2) is 4.99 Å². The van der Waals surface area contributed by atoms with Crippen LogP contribution >= 0.6 is 0 Å². The number of carbonyl (C=O) groups excluding carboxylic acids is 1. The highest BCUT2D eigenvalue weighted by atomic mass is 16.5. The van der Waals surface area contributed by atoms with E-state index in [1.165, 1.54) is 12.0 Å². The molecule has 7 heteroatoms. The second-order valence-corrected chi connectivity index (χ2v) is 8.96. The van der Waals surface area contributed by atoms with Crippen LogP contribution in [0, 0.1) is 0 Å². The fourth-order valence-electron chi connectivity index (χ4n) is 4.46. The third-order valence-corrected chi connectivity index (χ3v) is 6.37. The highest BCUT2D eigenvalue weighted by Gasteiger charge is 2.26. The van der Waals surface area contributed by atoms with Crippen LogP contribution in [-0.2, 0) is 11.3 Å². The van der Waals surface area contributed by atoms with Gasteiger partial charge in [-0.1, -0.05) is 48.5 Å². The summed E-state index contributed by atoms with van der Waals surface area (Å²) in [6.07, 6.45) is 3.21. The molecular formula is C26H35N5O2. The molecule has 0 saturated carbocycles. The number of amides is 1. The van der Waals surface area contributed by atoms with Crippen molar-refractivity contribution in [3.05, 3.63) is 65.7 Å². The second-order valence-electron chi connectivity index (χ2n) is 8.96. The first-order chi connectivity index (χ1) is 16.1. The van der Waals surface area contributed by atoms with E-state index in [2.05, 4.69) is 56.9 Å². The molecule has 1 saturated heterocycles. The van der Waals surface area contributed by atoms with Gasteiger partial charge in [-0.05, 0) is 31.0 Å². The molecule has 176 valence electrons. The molecule has 33 heavy (non-hydrogen) atoms. The van der Waals surface area contributed by atoms with Crippen molar-refractivity contribution >= 4 is 11.9 Å². The smallest absolute Gasteiger partial charge is 0.243 e. The van der Waals surface area contributed by atoms with E-state index in [0.29, 0.717) is 18.6 Å². The number of hydrogen-bond acceptors (Lipinski definition) is 4. The first-order valence-electron chi connectivity index (χ1n) is 11.8. The molecule has 2 aliphatic rings. The highest BCUT2D eigenvalue weighted by molar-refractivity contribution is 5.85. The zero-order valence-corrected chi connectivity index (χ0v) is 19.7. The Kier molecular flexibility index (Phi) is 7.83. The number of guanidine groups is 1. The van der Waals surface area contributed by atoms with Crippen LogP contribution < -0.4 is 15.4 Å². The Hall–Kier alpha value is -3.06. The molecule has 2 N–H and O–H groups in total. The number of hydrogen-bond donors (Lipinski definition) is 2. The molecule has 0 aromatic heterocycles. The molecule has 0 aliphatic carbocycles. The van der Waals surface area contributed by atoms with E-state index >= 15 is 0 Å². The second kappa shape index (κ2) is 11.2. The van der Waals surface area contributed by atoms with Crippen LogP contribution in [0.15, 0.2) is 59.6 Å². The van der Waals surface area contributed by atoms with Crippen molar-refractivity contribution in [2.75, 3.05) is 40.3 Å². The predicted octanol–water partition coefficient (Wildman–Crippen LogP) is 2.80. The molecule has 2 unspecified atom stereocenters. The zero-order valence-electron chi connectivity index (χ0n) is 19.7. The standard InChI is InChI=1S/C26H35N5O2/c1-30(2)25(32)18-28-26(29-23-14-16-33-24-13-7-6-12-22(23)24)27-17-21-11-8-15-31(21)19-20-9-4-3-5-10-20/h3-7,9-10,12-13,21,23H,8,11,14-19H2,1-2H3,(H2,27,28,29). The predicted molar refractivity (Wildman–Crippen MR) is 131 cm³/mol. The van der Waals surface area contributed by atoms with Gasteiger partial charge >= 0.3 is 0 Å². The zero-order chi connectivity index (χ0) is 23.0. The molecular weight excluding hydrogens is 414 g/mol. The van der Waals surface area contributed by atoms with Gasteiger partial charge in [0.2, 0.25) is 5.91 Å². The van der Waals surface area contributed by atoms with Gasteiger partial charge in [-0.3, -0.25) is 9.69 Å². The molecule has 2 aromatic carbocycles. The summed E-state index contributed by atoms with van der Waals surface area (Å²) < 4.78 is 5.81. The average molecular weight is 450 g/mol. The molecule has 2 atom stereocenters.